The van der Waals surface area contributed by atoms with Gasteiger partial charge in [0, 0.05) is 20.8 Å². The predicted molar refractivity (Wildman–Crippen MR) is 146 cm³/mol. The Morgan fingerprint density at radius 3 is 2.03 bits per heavy atom. The van der Waals surface area contributed by atoms with E-state index >= 15 is 0 Å². The van der Waals surface area contributed by atoms with Crippen LogP contribution in [-0.2, 0) is 36.9 Å². The maximum atomic E-state index is 12.0. The quantitative estimate of drug-likeness (QED) is 0.306. The van der Waals surface area contributed by atoms with Gasteiger partial charge in [-0.2, -0.15) is 0 Å². The Bertz CT molecular complexity index is 1240. The number of carbonyl (C=O) groups is 3. The van der Waals surface area contributed by atoms with Crippen LogP contribution < -0.4 is 10.1 Å². The molecule has 0 saturated carbocycles. The van der Waals surface area contributed by atoms with Crippen LogP contribution in [0, 0.1) is 0 Å². The van der Waals surface area contributed by atoms with Gasteiger partial charge in [0.05, 0.1) is 5.02 Å². The van der Waals surface area contributed by atoms with E-state index in [1.807, 2.05) is 72.8 Å². The highest BCUT2D eigenvalue weighted by Gasteiger charge is 2.34. The fraction of sp³-hybridized carbons (Fsp3) is 0.300. The second-order valence-electron chi connectivity index (χ2n) is 9.14. The van der Waals surface area contributed by atoms with Crippen LogP contribution in [0.25, 0.3) is 11.1 Å². The van der Waals surface area contributed by atoms with Crippen molar-refractivity contribution in [2.45, 2.75) is 45.8 Å². The average Bonchev–Trinajstić information content (AvgIpc) is 2.89. The molecule has 38 heavy (non-hydrogen) atoms. The number of amides is 1. The first-order chi connectivity index (χ1) is 18.2. The van der Waals surface area contributed by atoms with Crippen LogP contribution in [0.3, 0.4) is 0 Å². The zero-order valence-electron chi connectivity index (χ0n) is 21.8. The summed E-state index contributed by atoms with van der Waals surface area (Å²) in [4.78, 5) is 35.0. The van der Waals surface area contributed by atoms with Crippen LogP contribution in [0.2, 0.25) is 5.02 Å². The molecule has 0 radical (unpaired) electrons. The van der Waals surface area contributed by atoms with Crippen molar-refractivity contribution in [2.75, 3.05) is 13.2 Å². The molecule has 3 rings (SSSR count). The molecule has 0 atom stereocenters. The summed E-state index contributed by atoms with van der Waals surface area (Å²) in [5.74, 6) is -0.691. The van der Waals surface area contributed by atoms with Crippen LogP contribution in [-0.4, -0.2) is 36.6 Å². The number of hydrogen-bond acceptors (Lipinski definition) is 6. The number of aryl methyl sites for hydroxylation is 1. The molecule has 0 unspecified atom stereocenters. The van der Waals surface area contributed by atoms with Gasteiger partial charge in [0.2, 0.25) is 5.91 Å². The molecular weight excluding hydrogens is 506 g/mol. The van der Waals surface area contributed by atoms with Crippen LogP contribution in [0.1, 0.15) is 38.3 Å². The first-order valence-corrected chi connectivity index (χ1v) is 12.6. The number of halogens is 1. The van der Waals surface area contributed by atoms with E-state index in [1.54, 1.807) is 0 Å². The summed E-state index contributed by atoms with van der Waals surface area (Å²) < 4.78 is 16.3. The number of hydrogen-bond donors (Lipinski definition) is 1. The fourth-order valence-corrected chi connectivity index (χ4v) is 4.23. The molecule has 8 heteroatoms. The van der Waals surface area contributed by atoms with Crippen molar-refractivity contribution in [2.24, 2.45) is 0 Å². The number of carbonyl (C=O) groups excluding carboxylic acids is 3. The average molecular weight is 538 g/mol. The number of benzene rings is 3. The molecule has 0 aliphatic carbocycles. The summed E-state index contributed by atoms with van der Waals surface area (Å²) in [5.41, 5.74) is 2.88. The van der Waals surface area contributed by atoms with Crippen LogP contribution in [0.4, 0.5) is 0 Å². The van der Waals surface area contributed by atoms with Crippen LogP contribution in [0.5, 0.6) is 5.75 Å². The van der Waals surface area contributed by atoms with Crippen molar-refractivity contribution in [3.63, 3.8) is 0 Å². The van der Waals surface area contributed by atoms with Crippen molar-refractivity contribution >= 4 is 29.4 Å². The summed E-state index contributed by atoms with van der Waals surface area (Å²) in [6.07, 6.45) is 0.909. The van der Waals surface area contributed by atoms with E-state index in [1.165, 1.54) is 20.8 Å². The van der Waals surface area contributed by atoms with Gasteiger partial charge in [-0.05, 0) is 47.2 Å². The topological polar surface area (TPSA) is 90.9 Å². The normalized spacial score (nSPS) is 10.9. The summed E-state index contributed by atoms with van der Waals surface area (Å²) >= 11 is 6.53. The molecule has 0 bridgehead atoms. The second kappa shape index (κ2) is 13.6. The largest absolute Gasteiger partial charge is 0.487 e. The number of rotatable bonds is 12. The van der Waals surface area contributed by atoms with Crippen molar-refractivity contribution in [3.8, 4) is 16.9 Å². The first-order valence-electron chi connectivity index (χ1n) is 12.3. The van der Waals surface area contributed by atoms with E-state index in [-0.39, 0.29) is 19.1 Å². The third kappa shape index (κ3) is 8.92. The number of nitrogens with one attached hydrogen (secondary N) is 1. The molecule has 0 aliphatic heterocycles. The molecule has 1 amide bonds. The molecule has 0 aromatic heterocycles. The maximum Gasteiger partial charge on any atom is 0.302 e. The highest BCUT2D eigenvalue weighted by Crippen LogP contribution is 2.31. The minimum absolute atomic E-state index is 0.116. The molecule has 3 aromatic carbocycles. The lowest BCUT2D eigenvalue weighted by atomic mass is 9.91. The van der Waals surface area contributed by atoms with Gasteiger partial charge < -0.3 is 19.5 Å². The Morgan fingerprint density at radius 1 is 0.789 bits per heavy atom. The molecule has 0 aliphatic rings. The fourth-order valence-electron chi connectivity index (χ4n) is 4.00. The zero-order chi connectivity index (χ0) is 27.5. The SMILES string of the molecule is CC(=O)NC(CCc1cccc(-c2ccc(OCc3ccccc3)c(Cl)c2)c1)(COC(C)=O)COC(C)=O. The summed E-state index contributed by atoms with van der Waals surface area (Å²) in [5, 5.41) is 3.34. The van der Waals surface area contributed by atoms with E-state index in [0.29, 0.717) is 30.2 Å². The Labute approximate surface area is 228 Å². The van der Waals surface area contributed by atoms with Gasteiger partial charge in [-0.15, -0.1) is 0 Å². The lowest BCUT2D eigenvalue weighted by Crippen LogP contribution is -2.55. The maximum absolute atomic E-state index is 12.0. The van der Waals surface area contributed by atoms with E-state index in [4.69, 9.17) is 25.8 Å². The Hall–Kier alpha value is -3.84. The molecule has 0 fully saturated rings. The van der Waals surface area contributed by atoms with E-state index in [2.05, 4.69) is 5.32 Å². The van der Waals surface area contributed by atoms with Gasteiger partial charge in [0.25, 0.3) is 0 Å². The molecular formula is C30H32ClNO6. The lowest BCUT2D eigenvalue weighted by molar-refractivity contribution is -0.150. The summed E-state index contributed by atoms with van der Waals surface area (Å²) in [6.45, 7) is 4.14. The molecule has 0 spiro atoms. The van der Waals surface area contributed by atoms with Gasteiger partial charge in [-0.25, -0.2) is 0 Å². The standard InChI is InChI=1S/C30H32ClNO6/c1-21(33)32-30(19-37-22(2)34,20-38-23(3)35)15-14-24-10-7-11-26(16-24)27-12-13-29(28(31)17-27)36-18-25-8-5-4-6-9-25/h4-13,16-17H,14-15,18-20H2,1-3H3,(H,32,33). The summed E-state index contributed by atoms with van der Waals surface area (Å²) in [7, 11) is 0. The van der Waals surface area contributed by atoms with Gasteiger partial charge >= 0.3 is 11.9 Å². The monoisotopic (exact) mass is 537 g/mol. The lowest BCUT2D eigenvalue weighted by Gasteiger charge is -2.33. The van der Waals surface area contributed by atoms with Crippen molar-refractivity contribution in [1.82, 2.24) is 5.32 Å². The Morgan fingerprint density at radius 2 is 1.42 bits per heavy atom. The highest BCUT2D eigenvalue weighted by molar-refractivity contribution is 6.32. The van der Waals surface area contributed by atoms with Crippen molar-refractivity contribution in [3.05, 3.63) is 88.9 Å². The number of ether oxygens (including phenoxy) is 3. The third-order valence-electron chi connectivity index (χ3n) is 5.87. The highest BCUT2D eigenvalue weighted by atomic mass is 35.5. The van der Waals surface area contributed by atoms with Gasteiger partial charge in [-0.3, -0.25) is 14.4 Å². The molecule has 1 N–H and O–H groups in total. The molecule has 3 aromatic rings. The second-order valence-corrected chi connectivity index (χ2v) is 9.55. The molecule has 7 nitrogen and oxygen atoms in total. The van der Waals surface area contributed by atoms with Crippen LogP contribution in [0.15, 0.2) is 72.8 Å². The smallest absolute Gasteiger partial charge is 0.302 e. The number of esters is 2. The minimum Gasteiger partial charge on any atom is -0.487 e. The van der Waals surface area contributed by atoms with E-state index in [9.17, 15) is 14.4 Å². The molecule has 0 saturated heterocycles. The Balaban J connectivity index is 1.75. The molecule has 200 valence electrons. The van der Waals surface area contributed by atoms with Gasteiger partial charge in [0.15, 0.2) is 0 Å². The first kappa shape index (κ1) is 28.7. The van der Waals surface area contributed by atoms with Gasteiger partial charge in [-0.1, -0.05) is 72.3 Å². The van der Waals surface area contributed by atoms with E-state index in [0.717, 1.165) is 22.3 Å². The Kier molecular flexibility index (Phi) is 10.3. The zero-order valence-corrected chi connectivity index (χ0v) is 22.5. The minimum atomic E-state index is -1.06. The molecule has 0 heterocycles. The third-order valence-corrected chi connectivity index (χ3v) is 6.16. The summed E-state index contributed by atoms with van der Waals surface area (Å²) in [6, 6.07) is 23.5. The van der Waals surface area contributed by atoms with Crippen LogP contribution >= 0.6 is 11.6 Å². The van der Waals surface area contributed by atoms with E-state index < -0.39 is 17.5 Å². The van der Waals surface area contributed by atoms with Crippen molar-refractivity contribution < 1.29 is 28.6 Å². The van der Waals surface area contributed by atoms with Crippen molar-refractivity contribution in [1.29, 1.82) is 0 Å². The van der Waals surface area contributed by atoms with Gasteiger partial charge in [0.1, 0.15) is 31.1 Å². The predicted octanol–water partition coefficient (Wildman–Crippen LogP) is 5.52.